The highest BCUT2D eigenvalue weighted by Gasteiger charge is 2.23. The van der Waals surface area contributed by atoms with Gasteiger partial charge in [0.25, 0.3) is 0 Å². The minimum atomic E-state index is -0.563. The second kappa shape index (κ2) is 7.55. The van der Waals surface area contributed by atoms with E-state index in [-0.39, 0.29) is 5.76 Å². The lowest BCUT2D eigenvalue weighted by molar-refractivity contribution is 0.0685. The summed E-state index contributed by atoms with van der Waals surface area (Å²) in [6.45, 7) is 1.90. The van der Waals surface area contributed by atoms with Crippen LogP contribution in [0.3, 0.4) is 0 Å². The Balaban J connectivity index is 1.78. The van der Waals surface area contributed by atoms with Crippen molar-refractivity contribution in [3.05, 3.63) is 90.5 Å². The third-order valence-electron chi connectivity index (χ3n) is 3.84. The molecule has 0 saturated heterocycles. The molecule has 0 bridgehead atoms. The van der Waals surface area contributed by atoms with Crippen LogP contribution in [0.4, 0.5) is 0 Å². The third-order valence-corrected chi connectivity index (χ3v) is 5.02. The van der Waals surface area contributed by atoms with E-state index in [0.717, 1.165) is 21.2 Å². The molecule has 0 saturated carbocycles. The van der Waals surface area contributed by atoms with Gasteiger partial charge in [-0.2, -0.15) is 9.78 Å². The standard InChI is InChI=1S/C21H16N2O3S/c1-15-19(27-17-11-6-3-7-12-17)20(26-21(24)18-13-8-14-25-18)23(22-15)16-9-4-2-5-10-16/h2-14H,1H3. The fourth-order valence-corrected chi connectivity index (χ4v) is 3.52. The van der Waals surface area contributed by atoms with E-state index in [1.54, 1.807) is 16.8 Å². The number of aromatic nitrogens is 2. The lowest BCUT2D eigenvalue weighted by atomic mass is 10.3. The summed E-state index contributed by atoms with van der Waals surface area (Å²) in [5.74, 6) is -0.0509. The Kier molecular flexibility index (Phi) is 4.80. The molecule has 0 aliphatic heterocycles. The van der Waals surface area contributed by atoms with E-state index in [4.69, 9.17) is 9.15 Å². The Bertz CT molecular complexity index is 1040. The van der Waals surface area contributed by atoms with Crippen molar-refractivity contribution in [2.75, 3.05) is 0 Å². The lowest BCUT2D eigenvalue weighted by Gasteiger charge is -2.09. The molecule has 2 aromatic heterocycles. The second-order valence-electron chi connectivity index (χ2n) is 5.75. The van der Waals surface area contributed by atoms with Crippen LogP contribution in [0.15, 0.2) is 93.3 Å². The number of esters is 1. The molecule has 5 nitrogen and oxygen atoms in total. The van der Waals surface area contributed by atoms with Gasteiger partial charge in [-0.3, -0.25) is 0 Å². The molecule has 6 heteroatoms. The molecule has 0 unspecified atom stereocenters. The van der Waals surface area contributed by atoms with Crippen LogP contribution in [0.2, 0.25) is 0 Å². The van der Waals surface area contributed by atoms with E-state index in [2.05, 4.69) is 5.10 Å². The van der Waals surface area contributed by atoms with Crippen molar-refractivity contribution < 1.29 is 13.9 Å². The summed E-state index contributed by atoms with van der Waals surface area (Å²) in [4.78, 5) is 14.3. The molecule has 2 heterocycles. The third kappa shape index (κ3) is 3.66. The molecule has 0 spiro atoms. The van der Waals surface area contributed by atoms with Gasteiger partial charge in [0.05, 0.1) is 22.5 Å². The second-order valence-corrected chi connectivity index (χ2v) is 6.83. The van der Waals surface area contributed by atoms with Crippen molar-refractivity contribution in [3.8, 4) is 11.6 Å². The van der Waals surface area contributed by atoms with Gasteiger partial charge in [-0.1, -0.05) is 48.2 Å². The lowest BCUT2D eigenvalue weighted by Crippen LogP contribution is -2.11. The smallest absolute Gasteiger partial charge is 0.380 e. The van der Waals surface area contributed by atoms with Crippen molar-refractivity contribution in [3.63, 3.8) is 0 Å². The molecule has 0 atom stereocenters. The van der Waals surface area contributed by atoms with Crippen LogP contribution in [0, 0.1) is 6.92 Å². The molecule has 0 aliphatic rings. The maximum absolute atomic E-state index is 12.5. The summed E-state index contributed by atoms with van der Waals surface area (Å²) >= 11 is 1.50. The van der Waals surface area contributed by atoms with Crippen LogP contribution in [0.5, 0.6) is 5.88 Å². The Morgan fingerprint density at radius 1 is 1.00 bits per heavy atom. The van der Waals surface area contributed by atoms with Gasteiger partial charge in [-0.25, -0.2) is 4.79 Å². The molecule has 4 rings (SSSR count). The number of hydrogen-bond donors (Lipinski definition) is 0. The zero-order valence-corrected chi connectivity index (χ0v) is 15.3. The minimum absolute atomic E-state index is 0.143. The zero-order chi connectivity index (χ0) is 18.6. The van der Waals surface area contributed by atoms with Crippen LogP contribution in [-0.4, -0.2) is 15.7 Å². The first kappa shape index (κ1) is 17.2. The number of hydrogen-bond acceptors (Lipinski definition) is 5. The van der Waals surface area contributed by atoms with E-state index >= 15 is 0 Å². The normalized spacial score (nSPS) is 10.7. The number of carbonyl (C=O) groups excluding carboxylic acids is 1. The van der Waals surface area contributed by atoms with E-state index in [1.807, 2.05) is 67.6 Å². The summed E-state index contributed by atoms with van der Waals surface area (Å²) < 4.78 is 12.5. The number of nitrogens with zero attached hydrogens (tertiary/aromatic N) is 2. The predicted molar refractivity (Wildman–Crippen MR) is 103 cm³/mol. The fourth-order valence-electron chi connectivity index (χ4n) is 2.58. The maximum atomic E-state index is 12.5. The average molecular weight is 376 g/mol. The summed E-state index contributed by atoms with van der Waals surface area (Å²) in [5.41, 5.74) is 1.58. The Morgan fingerprint density at radius 3 is 2.37 bits per heavy atom. The zero-order valence-electron chi connectivity index (χ0n) is 14.5. The average Bonchev–Trinajstić information content (AvgIpc) is 3.34. The highest BCUT2D eigenvalue weighted by atomic mass is 32.2. The monoisotopic (exact) mass is 376 g/mol. The molecular formula is C21H16N2O3S. The van der Waals surface area contributed by atoms with Gasteiger partial charge >= 0.3 is 5.97 Å². The highest BCUT2D eigenvalue weighted by Crippen LogP contribution is 2.39. The van der Waals surface area contributed by atoms with Gasteiger partial charge in [0, 0.05) is 4.90 Å². The fraction of sp³-hybridized carbons (Fsp3) is 0.0476. The summed E-state index contributed by atoms with van der Waals surface area (Å²) in [6.07, 6.45) is 1.44. The number of ether oxygens (including phenoxy) is 1. The first-order valence-electron chi connectivity index (χ1n) is 8.36. The van der Waals surface area contributed by atoms with E-state index < -0.39 is 5.97 Å². The van der Waals surface area contributed by atoms with Gasteiger partial charge in [-0.05, 0) is 43.3 Å². The van der Waals surface area contributed by atoms with Gasteiger partial charge in [0.1, 0.15) is 0 Å². The molecule has 0 amide bonds. The summed E-state index contributed by atoms with van der Waals surface area (Å²) in [6, 6.07) is 22.7. The molecule has 2 aromatic carbocycles. The summed E-state index contributed by atoms with van der Waals surface area (Å²) in [5, 5.41) is 4.60. The molecule has 4 aromatic rings. The van der Waals surface area contributed by atoms with E-state index in [9.17, 15) is 4.79 Å². The van der Waals surface area contributed by atoms with Gasteiger partial charge < -0.3 is 9.15 Å². The Hall–Kier alpha value is -3.25. The number of carbonyl (C=O) groups is 1. The van der Waals surface area contributed by atoms with Crippen molar-refractivity contribution in [1.29, 1.82) is 0 Å². The van der Waals surface area contributed by atoms with Crippen LogP contribution in [0.25, 0.3) is 5.69 Å². The van der Waals surface area contributed by atoms with Gasteiger partial charge in [0.2, 0.25) is 11.6 Å². The van der Waals surface area contributed by atoms with Crippen molar-refractivity contribution >= 4 is 17.7 Å². The van der Waals surface area contributed by atoms with E-state index in [0.29, 0.717) is 5.88 Å². The molecular weight excluding hydrogens is 360 g/mol. The first-order valence-corrected chi connectivity index (χ1v) is 9.17. The SMILES string of the molecule is Cc1nn(-c2ccccc2)c(OC(=O)c2ccco2)c1Sc1ccccc1. The summed E-state index contributed by atoms with van der Waals surface area (Å²) in [7, 11) is 0. The van der Waals surface area contributed by atoms with Crippen LogP contribution < -0.4 is 4.74 Å². The van der Waals surface area contributed by atoms with Crippen molar-refractivity contribution in [1.82, 2.24) is 9.78 Å². The molecule has 27 heavy (non-hydrogen) atoms. The number of rotatable bonds is 5. The highest BCUT2D eigenvalue weighted by molar-refractivity contribution is 7.99. The Morgan fingerprint density at radius 2 is 1.70 bits per heavy atom. The molecule has 0 N–H and O–H groups in total. The number of para-hydroxylation sites is 1. The minimum Gasteiger partial charge on any atom is -0.457 e. The largest absolute Gasteiger partial charge is 0.457 e. The van der Waals surface area contributed by atoms with Gasteiger partial charge in [0.15, 0.2) is 0 Å². The van der Waals surface area contributed by atoms with Crippen LogP contribution in [0.1, 0.15) is 16.2 Å². The quantitative estimate of drug-likeness (QED) is 0.451. The maximum Gasteiger partial charge on any atom is 0.380 e. The van der Waals surface area contributed by atoms with Crippen molar-refractivity contribution in [2.24, 2.45) is 0 Å². The first-order chi connectivity index (χ1) is 13.2. The van der Waals surface area contributed by atoms with Gasteiger partial charge in [-0.15, -0.1) is 0 Å². The molecule has 134 valence electrons. The number of benzene rings is 2. The molecule has 0 radical (unpaired) electrons. The Labute approximate surface area is 160 Å². The molecule has 0 fully saturated rings. The predicted octanol–water partition coefficient (Wildman–Crippen LogP) is 5.14. The molecule has 0 aliphatic carbocycles. The van der Waals surface area contributed by atoms with Crippen LogP contribution >= 0.6 is 11.8 Å². The number of furan rings is 1. The van der Waals surface area contributed by atoms with E-state index in [1.165, 1.54) is 18.0 Å². The number of aryl methyl sites for hydroxylation is 1. The van der Waals surface area contributed by atoms with Crippen molar-refractivity contribution in [2.45, 2.75) is 16.7 Å². The van der Waals surface area contributed by atoms with Crippen LogP contribution in [-0.2, 0) is 0 Å². The topological polar surface area (TPSA) is 57.3 Å².